The summed E-state index contributed by atoms with van der Waals surface area (Å²) in [6.07, 6.45) is 0.818. The Morgan fingerprint density at radius 3 is 2.43 bits per heavy atom. The first kappa shape index (κ1) is 24.7. The van der Waals surface area contributed by atoms with Crippen molar-refractivity contribution in [2.24, 2.45) is 0 Å². The highest BCUT2D eigenvalue weighted by Crippen LogP contribution is 2.38. The number of nitrogens with one attached hydrogen (secondary N) is 1. The summed E-state index contributed by atoms with van der Waals surface area (Å²) in [5, 5.41) is 3.01. The van der Waals surface area contributed by atoms with Crippen molar-refractivity contribution in [3.05, 3.63) is 95.1 Å². The lowest BCUT2D eigenvalue weighted by Crippen LogP contribution is -2.30. The van der Waals surface area contributed by atoms with Crippen molar-refractivity contribution in [3.63, 3.8) is 0 Å². The van der Waals surface area contributed by atoms with Gasteiger partial charge in [0, 0.05) is 12.1 Å². The van der Waals surface area contributed by atoms with E-state index >= 15 is 0 Å². The van der Waals surface area contributed by atoms with Gasteiger partial charge in [0.05, 0.1) is 26.0 Å². The highest BCUT2D eigenvalue weighted by atomic mass is 32.2. The molecule has 1 heterocycles. The normalized spacial score (nSPS) is 16.1. The summed E-state index contributed by atoms with van der Waals surface area (Å²) >= 11 is 1.63. The molecule has 2 atom stereocenters. The lowest BCUT2D eigenvalue weighted by atomic mass is 10.1. The Kier molecular flexibility index (Phi) is 7.98. The minimum atomic E-state index is -0.210. The number of thioether (sulfide) groups is 1. The fraction of sp³-hybridized carbons (Fsp3) is 0.286. The maximum atomic E-state index is 12.9. The van der Waals surface area contributed by atoms with Gasteiger partial charge in [0.1, 0.15) is 5.37 Å². The first-order valence-electron chi connectivity index (χ1n) is 11.6. The maximum Gasteiger partial charge on any atom is 0.251 e. The number of ether oxygens (including phenoxy) is 2. The van der Waals surface area contributed by atoms with Gasteiger partial charge in [-0.05, 0) is 54.3 Å². The third-order valence-electron chi connectivity index (χ3n) is 6.17. The molecule has 1 saturated heterocycles. The van der Waals surface area contributed by atoms with E-state index in [9.17, 15) is 9.59 Å². The molecule has 0 saturated carbocycles. The van der Waals surface area contributed by atoms with Crippen LogP contribution in [0, 0.1) is 0 Å². The van der Waals surface area contributed by atoms with Crippen LogP contribution in [-0.2, 0) is 11.2 Å². The predicted molar refractivity (Wildman–Crippen MR) is 139 cm³/mol. The summed E-state index contributed by atoms with van der Waals surface area (Å²) in [5.74, 6) is 1.74. The zero-order chi connectivity index (χ0) is 24.8. The van der Waals surface area contributed by atoms with Crippen LogP contribution in [0.3, 0.4) is 0 Å². The number of hydrogen-bond acceptors (Lipinski definition) is 5. The average Bonchev–Trinajstić information content (AvgIpc) is 3.27. The van der Waals surface area contributed by atoms with Gasteiger partial charge in [0.15, 0.2) is 11.5 Å². The van der Waals surface area contributed by atoms with Crippen LogP contribution >= 0.6 is 11.8 Å². The summed E-state index contributed by atoms with van der Waals surface area (Å²) in [7, 11) is 3.18. The van der Waals surface area contributed by atoms with Crippen molar-refractivity contribution >= 4 is 23.6 Å². The van der Waals surface area contributed by atoms with Crippen LogP contribution in [0.2, 0.25) is 0 Å². The van der Waals surface area contributed by atoms with Crippen LogP contribution in [0.5, 0.6) is 11.5 Å². The zero-order valence-corrected chi connectivity index (χ0v) is 21.0. The van der Waals surface area contributed by atoms with Crippen molar-refractivity contribution in [2.45, 2.75) is 24.8 Å². The van der Waals surface area contributed by atoms with E-state index in [1.165, 1.54) is 5.56 Å². The van der Waals surface area contributed by atoms with Crippen LogP contribution in [0.25, 0.3) is 0 Å². The number of hydrogen-bond donors (Lipinski definition) is 1. The molecule has 2 amide bonds. The number of amides is 2. The molecule has 1 N–H and O–H groups in total. The van der Waals surface area contributed by atoms with Gasteiger partial charge in [-0.1, -0.05) is 48.5 Å². The van der Waals surface area contributed by atoms with E-state index < -0.39 is 0 Å². The van der Waals surface area contributed by atoms with Gasteiger partial charge in [-0.15, -0.1) is 11.8 Å². The highest BCUT2D eigenvalue weighted by Gasteiger charge is 2.32. The molecule has 0 bridgehead atoms. The molecular weight excluding hydrogens is 460 g/mol. The molecule has 1 fully saturated rings. The van der Waals surface area contributed by atoms with Crippen molar-refractivity contribution < 1.29 is 19.1 Å². The lowest BCUT2D eigenvalue weighted by Gasteiger charge is -2.24. The zero-order valence-electron chi connectivity index (χ0n) is 20.2. The number of benzene rings is 3. The largest absolute Gasteiger partial charge is 0.493 e. The smallest absolute Gasteiger partial charge is 0.251 e. The summed E-state index contributed by atoms with van der Waals surface area (Å²) in [4.78, 5) is 27.3. The SMILES string of the molecule is COc1ccc([C@H](C)NC(=O)c2ccc([C@@H]3SCC(=O)N3CCc3ccccc3)cc2)cc1OC. The molecule has 0 radical (unpaired) electrons. The Morgan fingerprint density at radius 1 is 1.03 bits per heavy atom. The van der Waals surface area contributed by atoms with Crippen LogP contribution in [0.1, 0.15) is 45.4 Å². The first-order chi connectivity index (χ1) is 17.0. The minimum Gasteiger partial charge on any atom is -0.493 e. The van der Waals surface area contributed by atoms with E-state index in [4.69, 9.17) is 9.47 Å². The Balaban J connectivity index is 1.40. The molecule has 3 aromatic carbocycles. The molecule has 4 rings (SSSR count). The quantitative estimate of drug-likeness (QED) is 0.457. The standard InChI is InChI=1S/C28H30N2O4S/c1-19(23-13-14-24(33-2)25(17-23)34-3)29-27(32)21-9-11-22(12-10-21)28-30(26(31)18-35-28)16-15-20-7-5-4-6-8-20/h4-14,17,19,28H,15-16,18H2,1-3H3,(H,29,32)/t19-,28-/m0/s1. The molecule has 1 aliphatic heterocycles. The molecule has 6 nitrogen and oxygen atoms in total. The van der Waals surface area contributed by atoms with Gasteiger partial charge in [-0.3, -0.25) is 9.59 Å². The fourth-order valence-corrected chi connectivity index (χ4v) is 5.37. The Bertz CT molecular complexity index is 1170. The molecule has 0 aliphatic carbocycles. The Hall–Kier alpha value is -3.45. The molecule has 3 aromatic rings. The number of nitrogens with zero attached hydrogens (tertiary/aromatic N) is 1. The van der Waals surface area contributed by atoms with Crippen LogP contribution < -0.4 is 14.8 Å². The van der Waals surface area contributed by atoms with E-state index in [-0.39, 0.29) is 23.2 Å². The lowest BCUT2D eigenvalue weighted by molar-refractivity contribution is -0.128. The van der Waals surface area contributed by atoms with Gasteiger partial charge in [-0.25, -0.2) is 0 Å². The fourth-order valence-electron chi connectivity index (χ4n) is 4.15. The summed E-state index contributed by atoms with van der Waals surface area (Å²) in [5.41, 5.74) is 3.73. The van der Waals surface area contributed by atoms with Gasteiger partial charge in [0.2, 0.25) is 5.91 Å². The van der Waals surface area contributed by atoms with E-state index in [0.717, 1.165) is 17.5 Å². The van der Waals surface area contributed by atoms with Crippen LogP contribution in [-0.4, -0.2) is 43.2 Å². The second-order valence-electron chi connectivity index (χ2n) is 8.42. The van der Waals surface area contributed by atoms with Gasteiger partial charge in [0.25, 0.3) is 5.91 Å². The van der Waals surface area contributed by atoms with E-state index in [0.29, 0.717) is 29.4 Å². The minimum absolute atomic E-state index is 0.0333. The second-order valence-corrected chi connectivity index (χ2v) is 9.49. The Morgan fingerprint density at radius 2 is 1.74 bits per heavy atom. The van der Waals surface area contributed by atoms with E-state index in [2.05, 4.69) is 17.4 Å². The van der Waals surface area contributed by atoms with Gasteiger partial charge < -0.3 is 19.7 Å². The topological polar surface area (TPSA) is 67.9 Å². The number of carbonyl (C=O) groups is 2. The van der Waals surface area contributed by atoms with Gasteiger partial charge >= 0.3 is 0 Å². The number of methoxy groups -OCH3 is 2. The molecule has 1 aliphatic rings. The second kappa shape index (κ2) is 11.3. The maximum absolute atomic E-state index is 12.9. The average molecular weight is 491 g/mol. The summed E-state index contributed by atoms with van der Waals surface area (Å²) < 4.78 is 10.7. The highest BCUT2D eigenvalue weighted by molar-refractivity contribution is 8.00. The molecule has 0 spiro atoms. The predicted octanol–water partition coefficient (Wildman–Crippen LogP) is 5.01. The van der Waals surface area contributed by atoms with Crippen molar-refractivity contribution in [1.82, 2.24) is 10.2 Å². The summed E-state index contributed by atoms with van der Waals surface area (Å²) in [6.45, 7) is 2.60. The monoisotopic (exact) mass is 490 g/mol. The van der Waals surface area contributed by atoms with Crippen molar-refractivity contribution in [3.8, 4) is 11.5 Å². The third-order valence-corrected chi connectivity index (χ3v) is 7.42. The number of carbonyl (C=O) groups excluding carboxylic acids is 2. The molecule has 7 heteroatoms. The molecule has 35 heavy (non-hydrogen) atoms. The van der Waals surface area contributed by atoms with E-state index in [1.807, 2.05) is 72.5 Å². The van der Waals surface area contributed by atoms with E-state index in [1.54, 1.807) is 26.0 Å². The molecule has 0 aromatic heterocycles. The third kappa shape index (κ3) is 5.80. The van der Waals surface area contributed by atoms with Gasteiger partial charge in [-0.2, -0.15) is 0 Å². The molecule has 182 valence electrons. The molecular formula is C28H30N2O4S. The molecule has 0 unspecified atom stereocenters. The first-order valence-corrected chi connectivity index (χ1v) is 12.6. The Labute approximate surface area is 210 Å². The number of rotatable bonds is 9. The van der Waals surface area contributed by atoms with Crippen LogP contribution in [0.4, 0.5) is 0 Å². The van der Waals surface area contributed by atoms with Crippen molar-refractivity contribution in [1.29, 1.82) is 0 Å². The van der Waals surface area contributed by atoms with Crippen LogP contribution in [0.15, 0.2) is 72.8 Å². The van der Waals surface area contributed by atoms with Crippen molar-refractivity contribution in [2.75, 3.05) is 26.5 Å². The summed E-state index contributed by atoms with van der Waals surface area (Å²) in [6, 6.07) is 23.1.